The van der Waals surface area contributed by atoms with E-state index in [9.17, 15) is 4.79 Å². The van der Waals surface area contributed by atoms with Crippen LogP contribution in [0.15, 0.2) is 12.4 Å². The lowest BCUT2D eigenvalue weighted by atomic mass is 10.3. The zero-order chi connectivity index (χ0) is 14.1. The summed E-state index contributed by atoms with van der Waals surface area (Å²) in [6.07, 6.45) is 5.16. The fraction of sp³-hybridized carbons (Fsp3) is 0.462. The molecule has 0 spiro atoms. The highest BCUT2D eigenvalue weighted by Crippen LogP contribution is 2.15. The van der Waals surface area contributed by atoms with Crippen LogP contribution in [0.4, 0.5) is 0 Å². The Labute approximate surface area is 116 Å². The second kappa shape index (κ2) is 4.99. The third-order valence-electron chi connectivity index (χ3n) is 3.41. The molecule has 1 amide bonds. The van der Waals surface area contributed by atoms with Crippen molar-refractivity contribution in [3.63, 3.8) is 0 Å². The van der Waals surface area contributed by atoms with E-state index in [2.05, 4.69) is 24.7 Å². The van der Waals surface area contributed by atoms with Crippen LogP contribution in [0.1, 0.15) is 34.3 Å². The van der Waals surface area contributed by atoms with Crippen LogP contribution in [0.5, 0.6) is 0 Å². The van der Waals surface area contributed by atoms with Crippen molar-refractivity contribution < 1.29 is 4.79 Å². The van der Waals surface area contributed by atoms with E-state index in [4.69, 9.17) is 0 Å². The molecule has 0 N–H and O–H groups in total. The lowest BCUT2D eigenvalue weighted by molar-refractivity contribution is 0.0773. The molecule has 0 unspecified atom stereocenters. The lowest BCUT2D eigenvalue weighted by Crippen LogP contribution is -2.28. The minimum absolute atomic E-state index is 0.159. The quantitative estimate of drug-likeness (QED) is 0.817. The molecule has 1 aliphatic heterocycles. The van der Waals surface area contributed by atoms with Crippen LogP contribution in [-0.4, -0.2) is 42.6 Å². The van der Waals surface area contributed by atoms with Gasteiger partial charge in [-0.25, -0.2) is 4.98 Å². The predicted octanol–water partition coefficient (Wildman–Crippen LogP) is 0.595. The Kier molecular flexibility index (Phi) is 3.17. The minimum Gasteiger partial charge on any atom is -0.333 e. The predicted molar refractivity (Wildman–Crippen MR) is 70.9 cm³/mol. The number of nitrogens with zero attached hydrogens (tertiary/aromatic N) is 6. The number of amides is 1. The topological polar surface area (TPSA) is 76.8 Å². The number of hydrogen-bond acceptors (Lipinski definition) is 5. The van der Waals surface area contributed by atoms with Crippen LogP contribution in [0.2, 0.25) is 0 Å². The fourth-order valence-corrected chi connectivity index (χ4v) is 2.31. The highest BCUT2D eigenvalue weighted by Gasteiger charge is 2.21. The molecule has 0 radical (unpaired) electrons. The molecule has 7 heteroatoms. The van der Waals surface area contributed by atoms with Crippen molar-refractivity contribution in [2.45, 2.75) is 32.9 Å². The van der Waals surface area contributed by atoms with Crippen molar-refractivity contribution in [1.29, 1.82) is 0 Å². The van der Waals surface area contributed by atoms with E-state index < -0.39 is 0 Å². The van der Waals surface area contributed by atoms with Gasteiger partial charge in [0.05, 0.1) is 18.4 Å². The first-order valence-electron chi connectivity index (χ1n) is 6.60. The zero-order valence-electron chi connectivity index (χ0n) is 11.6. The maximum absolute atomic E-state index is 12.2. The van der Waals surface area contributed by atoms with Crippen molar-refractivity contribution in [3.05, 3.63) is 35.4 Å². The standard InChI is InChI=1S/C13H16N6O/c1-9-6-15-10(7-14-9)13(20)18(2)8-12-17-16-11-4-3-5-19(11)12/h6-7H,3-5,8H2,1-2H3. The fourth-order valence-electron chi connectivity index (χ4n) is 2.31. The number of aromatic nitrogens is 5. The Hall–Kier alpha value is -2.31. The monoisotopic (exact) mass is 272 g/mol. The molecule has 0 fully saturated rings. The van der Waals surface area contributed by atoms with Gasteiger partial charge < -0.3 is 9.47 Å². The molecule has 0 aromatic carbocycles. The maximum atomic E-state index is 12.2. The normalized spacial score (nSPS) is 13.3. The summed E-state index contributed by atoms with van der Waals surface area (Å²) in [4.78, 5) is 22.0. The first-order chi connectivity index (χ1) is 9.65. The van der Waals surface area contributed by atoms with Gasteiger partial charge in [-0.2, -0.15) is 0 Å². The zero-order valence-corrected chi connectivity index (χ0v) is 11.6. The summed E-state index contributed by atoms with van der Waals surface area (Å²) in [5, 5.41) is 8.29. The summed E-state index contributed by atoms with van der Waals surface area (Å²) in [6, 6.07) is 0. The minimum atomic E-state index is -0.159. The van der Waals surface area contributed by atoms with Gasteiger partial charge in [0.2, 0.25) is 0 Å². The summed E-state index contributed by atoms with van der Waals surface area (Å²) in [5.41, 5.74) is 1.14. The van der Waals surface area contributed by atoms with Crippen molar-refractivity contribution in [2.75, 3.05) is 7.05 Å². The van der Waals surface area contributed by atoms with Crippen molar-refractivity contribution >= 4 is 5.91 Å². The van der Waals surface area contributed by atoms with E-state index in [0.717, 1.165) is 36.7 Å². The first-order valence-corrected chi connectivity index (χ1v) is 6.60. The van der Waals surface area contributed by atoms with Gasteiger partial charge >= 0.3 is 0 Å². The molecule has 3 heterocycles. The third kappa shape index (κ3) is 2.26. The van der Waals surface area contributed by atoms with Gasteiger partial charge in [-0.3, -0.25) is 9.78 Å². The number of aryl methyl sites for hydroxylation is 2. The van der Waals surface area contributed by atoms with E-state index in [-0.39, 0.29) is 5.91 Å². The Morgan fingerprint density at radius 1 is 1.35 bits per heavy atom. The molecular weight excluding hydrogens is 256 g/mol. The van der Waals surface area contributed by atoms with E-state index in [0.29, 0.717) is 12.2 Å². The molecule has 104 valence electrons. The molecule has 20 heavy (non-hydrogen) atoms. The van der Waals surface area contributed by atoms with Gasteiger partial charge in [-0.1, -0.05) is 0 Å². The number of rotatable bonds is 3. The largest absolute Gasteiger partial charge is 0.333 e. The number of carbonyl (C=O) groups excluding carboxylic acids is 1. The van der Waals surface area contributed by atoms with Gasteiger partial charge in [0.1, 0.15) is 11.5 Å². The second-order valence-electron chi connectivity index (χ2n) is 4.99. The van der Waals surface area contributed by atoms with Crippen LogP contribution in [0.3, 0.4) is 0 Å². The number of hydrogen-bond donors (Lipinski definition) is 0. The van der Waals surface area contributed by atoms with Crippen molar-refractivity contribution in [1.82, 2.24) is 29.6 Å². The molecule has 3 rings (SSSR count). The molecule has 7 nitrogen and oxygen atoms in total. The molecule has 2 aromatic heterocycles. The molecule has 0 bridgehead atoms. The molecule has 0 aliphatic carbocycles. The summed E-state index contributed by atoms with van der Waals surface area (Å²) < 4.78 is 2.09. The van der Waals surface area contributed by atoms with Gasteiger partial charge in [0, 0.05) is 26.2 Å². The van der Waals surface area contributed by atoms with Crippen molar-refractivity contribution in [2.24, 2.45) is 0 Å². The summed E-state index contributed by atoms with van der Waals surface area (Å²) in [7, 11) is 1.74. The Morgan fingerprint density at radius 2 is 2.20 bits per heavy atom. The summed E-state index contributed by atoms with van der Waals surface area (Å²) in [5.74, 6) is 1.68. The SMILES string of the molecule is Cc1cnc(C(=O)N(C)Cc2nnc3n2CCC3)cn1. The van der Waals surface area contributed by atoms with Gasteiger partial charge in [-0.05, 0) is 13.3 Å². The van der Waals surface area contributed by atoms with Crippen molar-refractivity contribution in [3.8, 4) is 0 Å². The van der Waals surface area contributed by atoms with E-state index in [1.807, 2.05) is 6.92 Å². The van der Waals surface area contributed by atoms with Crippen LogP contribution in [0, 0.1) is 6.92 Å². The Morgan fingerprint density at radius 3 is 2.95 bits per heavy atom. The Bertz CT molecular complexity index is 633. The van der Waals surface area contributed by atoms with Gasteiger partial charge in [-0.15, -0.1) is 10.2 Å². The summed E-state index contributed by atoms with van der Waals surface area (Å²) >= 11 is 0. The van der Waals surface area contributed by atoms with Crippen LogP contribution < -0.4 is 0 Å². The van der Waals surface area contributed by atoms with Crippen LogP contribution in [-0.2, 0) is 19.5 Å². The summed E-state index contributed by atoms with van der Waals surface area (Å²) in [6.45, 7) is 3.20. The molecule has 0 saturated heterocycles. The van der Waals surface area contributed by atoms with E-state index >= 15 is 0 Å². The lowest BCUT2D eigenvalue weighted by Gasteiger charge is -2.16. The molecular formula is C13H16N6O. The van der Waals surface area contributed by atoms with E-state index in [1.54, 1.807) is 18.1 Å². The first kappa shape index (κ1) is 12.7. The molecule has 2 aromatic rings. The smallest absolute Gasteiger partial charge is 0.274 e. The highest BCUT2D eigenvalue weighted by atomic mass is 16.2. The molecule has 1 aliphatic rings. The average molecular weight is 272 g/mol. The average Bonchev–Trinajstić information content (AvgIpc) is 3.04. The van der Waals surface area contributed by atoms with Gasteiger partial charge in [0.15, 0.2) is 5.82 Å². The second-order valence-corrected chi connectivity index (χ2v) is 4.99. The van der Waals surface area contributed by atoms with Crippen LogP contribution >= 0.6 is 0 Å². The van der Waals surface area contributed by atoms with E-state index in [1.165, 1.54) is 6.20 Å². The highest BCUT2D eigenvalue weighted by molar-refractivity contribution is 5.91. The number of fused-ring (bicyclic) bond motifs is 1. The van der Waals surface area contributed by atoms with Crippen LogP contribution in [0.25, 0.3) is 0 Å². The molecule has 0 atom stereocenters. The van der Waals surface area contributed by atoms with Gasteiger partial charge in [0.25, 0.3) is 5.91 Å². The molecule has 0 saturated carbocycles. The number of carbonyl (C=O) groups is 1. The Balaban J connectivity index is 1.74. The maximum Gasteiger partial charge on any atom is 0.274 e. The third-order valence-corrected chi connectivity index (χ3v) is 3.41.